The van der Waals surface area contributed by atoms with Gasteiger partial charge in [0, 0.05) is 31.7 Å². The van der Waals surface area contributed by atoms with Crippen molar-refractivity contribution >= 4 is 0 Å². The third-order valence-corrected chi connectivity index (χ3v) is 3.40. The van der Waals surface area contributed by atoms with Gasteiger partial charge in [-0.15, -0.1) is 0 Å². The summed E-state index contributed by atoms with van der Waals surface area (Å²) in [7, 11) is 0. The minimum atomic E-state index is 0.613. The molecule has 2 rings (SSSR count). The van der Waals surface area contributed by atoms with Crippen molar-refractivity contribution in [2.75, 3.05) is 13.1 Å². The van der Waals surface area contributed by atoms with Gasteiger partial charge in [-0.25, -0.2) is 0 Å². The van der Waals surface area contributed by atoms with E-state index < -0.39 is 0 Å². The molecule has 1 aromatic carbocycles. The predicted octanol–water partition coefficient (Wildman–Crippen LogP) is 2.18. The van der Waals surface area contributed by atoms with Crippen molar-refractivity contribution in [3.8, 4) is 0 Å². The highest BCUT2D eigenvalue weighted by Crippen LogP contribution is 2.12. The molecule has 1 N–H and O–H groups in total. The summed E-state index contributed by atoms with van der Waals surface area (Å²) >= 11 is 0. The Morgan fingerprint density at radius 2 is 1.94 bits per heavy atom. The van der Waals surface area contributed by atoms with Crippen LogP contribution in [0.25, 0.3) is 0 Å². The lowest BCUT2D eigenvalue weighted by Crippen LogP contribution is -2.53. The van der Waals surface area contributed by atoms with E-state index in [1.165, 1.54) is 11.1 Å². The van der Waals surface area contributed by atoms with Crippen molar-refractivity contribution in [1.82, 2.24) is 10.2 Å². The summed E-state index contributed by atoms with van der Waals surface area (Å²) in [6.45, 7) is 10.0. The summed E-state index contributed by atoms with van der Waals surface area (Å²) in [4.78, 5) is 2.56. The lowest BCUT2D eigenvalue weighted by molar-refractivity contribution is 0.139. The van der Waals surface area contributed by atoms with Crippen LogP contribution in [0, 0.1) is 6.92 Å². The summed E-state index contributed by atoms with van der Waals surface area (Å²) in [6, 6.07) is 10.1. The largest absolute Gasteiger partial charge is 0.311 e. The van der Waals surface area contributed by atoms with Gasteiger partial charge in [0.15, 0.2) is 0 Å². The molecule has 1 saturated heterocycles. The number of nitrogens with one attached hydrogen (secondary N) is 1. The third-order valence-electron chi connectivity index (χ3n) is 3.40. The van der Waals surface area contributed by atoms with Crippen LogP contribution in [0.3, 0.4) is 0 Å². The van der Waals surface area contributed by atoms with E-state index in [9.17, 15) is 0 Å². The second kappa shape index (κ2) is 4.98. The lowest BCUT2D eigenvalue weighted by Gasteiger charge is -2.37. The number of piperazine rings is 1. The van der Waals surface area contributed by atoms with Gasteiger partial charge in [0.1, 0.15) is 0 Å². The zero-order valence-corrected chi connectivity index (χ0v) is 10.5. The number of hydrogen-bond donors (Lipinski definition) is 1. The van der Waals surface area contributed by atoms with Gasteiger partial charge in [-0.1, -0.05) is 29.8 Å². The van der Waals surface area contributed by atoms with Gasteiger partial charge in [-0.2, -0.15) is 0 Å². The SMILES string of the molecule is Cc1ccc(CN2C[C@@H](C)NC[C@H]2C)cc1. The van der Waals surface area contributed by atoms with Gasteiger partial charge in [0.2, 0.25) is 0 Å². The fourth-order valence-corrected chi connectivity index (χ4v) is 2.25. The number of rotatable bonds is 2. The predicted molar refractivity (Wildman–Crippen MR) is 68.5 cm³/mol. The fourth-order valence-electron chi connectivity index (χ4n) is 2.25. The topological polar surface area (TPSA) is 15.3 Å². The standard InChI is InChI=1S/C14H22N2/c1-11-4-6-14(7-5-11)10-16-9-12(2)15-8-13(16)3/h4-7,12-13,15H,8-10H2,1-3H3/t12-,13-/m1/s1. The molecular formula is C14H22N2. The van der Waals surface area contributed by atoms with E-state index in [1.807, 2.05) is 0 Å². The van der Waals surface area contributed by atoms with Crippen LogP contribution in [-0.2, 0) is 6.54 Å². The molecule has 2 atom stereocenters. The maximum Gasteiger partial charge on any atom is 0.0237 e. The monoisotopic (exact) mass is 218 g/mol. The summed E-state index contributed by atoms with van der Waals surface area (Å²) in [6.07, 6.45) is 0. The molecule has 2 nitrogen and oxygen atoms in total. The van der Waals surface area contributed by atoms with Crippen molar-refractivity contribution in [3.05, 3.63) is 35.4 Å². The molecular weight excluding hydrogens is 196 g/mol. The number of benzene rings is 1. The maximum absolute atomic E-state index is 3.51. The molecule has 1 aliphatic heterocycles. The Kier molecular flexibility index (Phi) is 3.62. The molecule has 1 aliphatic rings. The second-order valence-corrected chi connectivity index (χ2v) is 5.07. The number of aryl methyl sites for hydroxylation is 1. The van der Waals surface area contributed by atoms with Gasteiger partial charge in [0.05, 0.1) is 0 Å². The average molecular weight is 218 g/mol. The van der Waals surface area contributed by atoms with Crippen LogP contribution >= 0.6 is 0 Å². The molecule has 0 spiro atoms. The van der Waals surface area contributed by atoms with E-state index in [4.69, 9.17) is 0 Å². The molecule has 0 amide bonds. The van der Waals surface area contributed by atoms with Crippen molar-refractivity contribution < 1.29 is 0 Å². The first-order chi connectivity index (χ1) is 7.65. The Morgan fingerprint density at radius 1 is 1.25 bits per heavy atom. The second-order valence-electron chi connectivity index (χ2n) is 5.07. The summed E-state index contributed by atoms with van der Waals surface area (Å²) < 4.78 is 0. The Balaban J connectivity index is 2.00. The Hall–Kier alpha value is -0.860. The molecule has 1 heterocycles. The molecule has 16 heavy (non-hydrogen) atoms. The molecule has 2 heteroatoms. The summed E-state index contributed by atoms with van der Waals surface area (Å²) in [5.74, 6) is 0. The van der Waals surface area contributed by atoms with Gasteiger partial charge >= 0.3 is 0 Å². The third kappa shape index (κ3) is 2.83. The zero-order chi connectivity index (χ0) is 11.5. The molecule has 0 saturated carbocycles. The normalized spacial score (nSPS) is 26.9. The van der Waals surface area contributed by atoms with E-state index >= 15 is 0 Å². The molecule has 1 aromatic rings. The maximum atomic E-state index is 3.51. The lowest BCUT2D eigenvalue weighted by atomic mass is 10.1. The van der Waals surface area contributed by atoms with Gasteiger partial charge in [-0.05, 0) is 26.3 Å². The molecule has 0 unspecified atom stereocenters. The Labute approximate surface area is 98.7 Å². The van der Waals surface area contributed by atoms with Crippen LogP contribution < -0.4 is 5.32 Å². The van der Waals surface area contributed by atoms with Crippen LogP contribution in [0.2, 0.25) is 0 Å². The Bertz CT molecular complexity index is 331. The first-order valence-corrected chi connectivity index (χ1v) is 6.18. The van der Waals surface area contributed by atoms with Crippen LogP contribution in [-0.4, -0.2) is 30.1 Å². The molecule has 0 radical (unpaired) electrons. The number of hydrogen-bond acceptors (Lipinski definition) is 2. The van der Waals surface area contributed by atoms with E-state index in [-0.39, 0.29) is 0 Å². The molecule has 0 bridgehead atoms. The summed E-state index contributed by atoms with van der Waals surface area (Å²) in [5, 5.41) is 3.51. The van der Waals surface area contributed by atoms with E-state index in [0.717, 1.165) is 19.6 Å². The van der Waals surface area contributed by atoms with Crippen molar-refractivity contribution in [2.45, 2.75) is 39.4 Å². The zero-order valence-electron chi connectivity index (χ0n) is 10.5. The van der Waals surface area contributed by atoms with Gasteiger partial charge < -0.3 is 5.32 Å². The van der Waals surface area contributed by atoms with Crippen molar-refractivity contribution in [3.63, 3.8) is 0 Å². The summed E-state index contributed by atoms with van der Waals surface area (Å²) in [5.41, 5.74) is 2.76. The highest BCUT2D eigenvalue weighted by Gasteiger charge is 2.21. The van der Waals surface area contributed by atoms with Crippen molar-refractivity contribution in [2.24, 2.45) is 0 Å². The van der Waals surface area contributed by atoms with Gasteiger partial charge in [-0.3, -0.25) is 4.90 Å². The number of nitrogens with zero attached hydrogens (tertiary/aromatic N) is 1. The highest BCUT2D eigenvalue weighted by molar-refractivity contribution is 5.21. The molecule has 0 aliphatic carbocycles. The van der Waals surface area contributed by atoms with E-state index in [1.54, 1.807) is 0 Å². The molecule has 1 fully saturated rings. The first kappa shape index (κ1) is 11.6. The van der Waals surface area contributed by atoms with Crippen LogP contribution in [0.4, 0.5) is 0 Å². The smallest absolute Gasteiger partial charge is 0.0237 e. The van der Waals surface area contributed by atoms with Crippen LogP contribution in [0.1, 0.15) is 25.0 Å². The Morgan fingerprint density at radius 3 is 2.62 bits per heavy atom. The van der Waals surface area contributed by atoms with Crippen molar-refractivity contribution in [1.29, 1.82) is 0 Å². The van der Waals surface area contributed by atoms with Gasteiger partial charge in [0.25, 0.3) is 0 Å². The van der Waals surface area contributed by atoms with Crippen LogP contribution in [0.15, 0.2) is 24.3 Å². The van der Waals surface area contributed by atoms with E-state index in [2.05, 4.69) is 55.3 Å². The minimum absolute atomic E-state index is 0.613. The minimum Gasteiger partial charge on any atom is -0.311 e. The highest BCUT2D eigenvalue weighted by atomic mass is 15.2. The molecule has 88 valence electrons. The van der Waals surface area contributed by atoms with E-state index in [0.29, 0.717) is 12.1 Å². The quantitative estimate of drug-likeness (QED) is 0.818. The average Bonchev–Trinajstić information content (AvgIpc) is 2.27. The molecule has 0 aromatic heterocycles. The first-order valence-electron chi connectivity index (χ1n) is 6.18. The van der Waals surface area contributed by atoms with Crippen LogP contribution in [0.5, 0.6) is 0 Å². The fraction of sp³-hybridized carbons (Fsp3) is 0.571.